The number of aromatic nitrogens is 2. The third-order valence-corrected chi connectivity index (χ3v) is 6.22. The fraction of sp³-hybridized carbons (Fsp3) is 0.208. The third-order valence-electron chi connectivity index (χ3n) is 5.54. The number of alkyl halides is 3. The molecule has 38 heavy (non-hydrogen) atoms. The summed E-state index contributed by atoms with van der Waals surface area (Å²) in [6, 6.07) is 7.61. The van der Waals surface area contributed by atoms with Crippen LogP contribution in [0.25, 0.3) is 11.4 Å². The molecule has 0 aliphatic carbocycles. The standard InChI is InChI=1S/C24H18BrF5N4O4/c1-12-3-4-14(20-31-7-8-32-20)9-18(12)33-13(2)34(38-23(36)24(28,29)30)22(19(25)21(33)35)37-11-15-5-6-16(26)10-17(15)27/h3-10,13H,11H2,1-2H3,(H,31,32). The smallest absolute Gasteiger partial charge is 0.471 e. The van der Waals surface area contributed by atoms with Crippen LogP contribution in [-0.2, 0) is 25.8 Å². The van der Waals surface area contributed by atoms with Crippen molar-refractivity contribution >= 4 is 33.5 Å². The summed E-state index contributed by atoms with van der Waals surface area (Å²) in [5, 5.41) is 0.460. The minimum atomic E-state index is -5.37. The summed E-state index contributed by atoms with van der Waals surface area (Å²) in [6.45, 7) is 2.36. The van der Waals surface area contributed by atoms with E-state index in [9.17, 15) is 31.5 Å². The monoisotopic (exact) mass is 600 g/mol. The lowest BCUT2D eigenvalue weighted by Crippen LogP contribution is -2.55. The molecule has 0 saturated heterocycles. The van der Waals surface area contributed by atoms with Gasteiger partial charge >= 0.3 is 12.1 Å². The van der Waals surface area contributed by atoms with Gasteiger partial charge in [0, 0.05) is 35.3 Å². The van der Waals surface area contributed by atoms with E-state index in [2.05, 4.69) is 30.7 Å². The Balaban J connectivity index is 1.75. The highest BCUT2D eigenvalue weighted by Crippen LogP contribution is 2.37. The number of imidazole rings is 1. The number of hydroxylamine groups is 2. The van der Waals surface area contributed by atoms with E-state index in [1.807, 2.05) is 0 Å². The van der Waals surface area contributed by atoms with Gasteiger partial charge in [-0.3, -0.25) is 9.69 Å². The SMILES string of the molecule is Cc1ccc(-c2ncc[nH]2)cc1N1C(=O)C(Br)=C(OCc2ccc(F)cc2F)N(OC(=O)C(F)(F)F)C1C. The molecule has 3 aromatic rings. The van der Waals surface area contributed by atoms with E-state index in [0.717, 1.165) is 17.0 Å². The van der Waals surface area contributed by atoms with Crippen molar-refractivity contribution in [2.45, 2.75) is 32.8 Å². The Labute approximate surface area is 220 Å². The molecule has 14 heteroatoms. The van der Waals surface area contributed by atoms with Crippen LogP contribution in [0.5, 0.6) is 0 Å². The molecule has 0 fully saturated rings. The van der Waals surface area contributed by atoms with E-state index in [0.29, 0.717) is 28.1 Å². The molecule has 1 unspecified atom stereocenters. The van der Waals surface area contributed by atoms with E-state index >= 15 is 0 Å². The molecule has 1 aromatic heterocycles. The van der Waals surface area contributed by atoms with Crippen molar-refractivity contribution in [2.24, 2.45) is 0 Å². The highest BCUT2D eigenvalue weighted by molar-refractivity contribution is 9.12. The Bertz CT molecular complexity index is 1410. The van der Waals surface area contributed by atoms with Gasteiger partial charge in [0.05, 0.1) is 0 Å². The zero-order chi connectivity index (χ0) is 27.8. The quantitative estimate of drug-likeness (QED) is 0.378. The molecule has 1 aliphatic heterocycles. The van der Waals surface area contributed by atoms with Crippen LogP contribution in [0.3, 0.4) is 0 Å². The summed E-state index contributed by atoms with van der Waals surface area (Å²) in [6.07, 6.45) is -3.61. The van der Waals surface area contributed by atoms with Gasteiger partial charge in [-0.25, -0.2) is 18.6 Å². The second-order valence-electron chi connectivity index (χ2n) is 8.09. The molecule has 1 atom stereocenters. The molecule has 1 amide bonds. The first kappa shape index (κ1) is 27.1. The topological polar surface area (TPSA) is 87.8 Å². The van der Waals surface area contributed by atoms with Crippen LogP contribution >= 0.6 is 15.9 Å². The Morgan fingerprint density at radius 2 is 1.92 bits per heavy atom. The Morgan fingerprint density at radius 3 is 2.55 bits per heavy atom. The number of H-pyrrole nitrogens is 1. The molecule has 4 rings (SSSR count). The summed E-state index contributed by atoms with van der Waals surface area (Å²) in [5.41, 5.74) is 1.26. The second kappa shape index (κ2) is 10.4. The number of aryl methyl sites for hydroxylation is 1. The van der Waals surface area contributed by atoms with Crippen molar-refractivity contribution in [1.82, 2.24) is 15.0 Å². The number of amides is 1. The predicted molar refractivity (Wildman–Crippen MR) is 127 cm³/mol. The number of hydrogen-bond acceptors (Lipinski definition) is 6. The van der Waals surface area contributed by atoms with Crippen LogP contribution in [0, 0.1) is 18.6 Å². The molecule has 0 bridgehead atoms. The number of carbonyl (C=O) groups is 2. The Morgan fingerprint density at radius 1 is 1.18 bits per heavy atom. The van der Waals surface area contributed by atoms with Crippen LogP contribution in [0.2, 0.25) is 0 Å². The average Bonchev–Trinajstić information content (AvgIpc) is 3.39. The van der Waals surface area contributed by atoms with Crippen LogP contribution in [0.15, 0.2) is 59.2 Å². The number of halogens is 6. The Kier molecular flexibility index (Phi) is 7.44. The number of nitrogens with zero attached hydrogens (tertiary/aromatic N) is 3. The van der Waals surface area contributed by atoms with E-state index in [1.54, 1.807) is 31.3 Å². The van der Waals surface area contributed by atoms with Crippen molar-refractivity contribution in [3.05, 3.63) is 81.9 Å². The van der Waals surface area contributed by atoms with Gasteiger partial charge in [0.2, 0.25) is 5.88 Å². The van der Waals surface area contributed by atoms with Crippen LogP contribution in [0.4, 0.5) is 27.6 Å². The molecule has 2 aromatic carbocycles. The molecule has 1 N–H and O–H groups in total. The Hall–Kier alpha value is -3.94. The lowest BCUT2D eigenvalue weighted by atomic mass is 10.1. The first-order valence-electron chi connectivity index (χ1n) is 10.9. The first-order valence-corrected chi connectivity index (χ1v) is 11.7. The van der Waals surface area contributed by atoms with Crippen LogP contribution < -0.4 is 4.90 Å². The summed E-state index contributed by atoms with van der Waals surface area (Å²) in [7, 11) is 0. The van der Waals surface area contributed by atoms with Crippen LogP contribution in [-0.4, -0.2) is 39.2 Å². The normalized spacial score (nSPS) is 16.2. The van der Waals surface area contributed by atoms with Gasteiger partial charge in [0.15, 0.2) is 0 Å². The third kappa shape index (κ3) is 5.35. The zero-order valence-electron chi connectivity index (χ0n) is 19.6. The molecule has 0 radical (unpaired) electrons. The highest BCUT2D eigenvalue weighted by Gasteiger charge is 2.47. The molecule has 8 nitrogen and oxygen atoms in total. The molecule has 0 saturated carbocycles. The molecular formula is C24H18BrF5N4O4. The first-order chi connectivity index (χ1) is 17.9. The summed E-state index contributed by atoms with van der Waals surface area (Å²) in [5.74, 6) is -5.29. The number of aromatic amines is 1. The second-order valence-corrected chi connectivity index (χ2v) is 8.88. The van der Waals surface area contributed by atoms with E-state index < -0.39 is 52.8 Å². The maximum atomic E-state index is 14.1. The predicted octanol–water partition coefficient (Wildman–Crippen LogP) is 5.46. The van der Waals surface area contributed by atoms with Crippen molar-refractivity contribution in [1.29, 1.82) is 0 Å². The van der Waals surface area contributed by atoms with Gasteiger partial charge in [-0.05, 0) is 53.5 Å². The number of nitrogens with one attached hydrogen (secondary N) is 1. The molecule has 2 heterocycles. The van der Waals surface area contributed by atoms with Gasteiger partial charge in [-0.15, -0.1) is 5.06 Å². The van der Waals surface area contributed by atoms with Gasteiger partial charge < -0.3 is 14.6 Å². The van der Waals surface area contributed by atoms with Gasteiger partial charge in [0.1, 0.15) is 34.7 Å². The average molecular weight is 601 g/mol. The maximum absolute atomic E-state index is 14.1. The van der Waals surface area contributed by atoms with Gasteiger partial charge in [-0.2, -0.15) is 13.2 Å². The van der Waals surface area contributed by atoms with Crippen LogP contribution in [0.1, 0.15) is 18.1 Å². The zero-order valence-corrected chi connectivity index (χ0v) is 21.2. The molecule has 0 spiro atoms. The number of hydrogen-bond donors (Lipinski definition) is 1. The summed E-state index contributed by atoms with van der Waals surface area (Å²) >= 11 is 3.03. The van der Waals surface area contributed by atoms with Crippen molar-refractivity contribution in [3.8, 4) is 11.4 Å². The number of anilines is 1. The fourth-order valence-electron chi connectivity index (χ4n) is 3.66. The number of rotatable bonds is 6. The lowest BCUT2D eigenvalue weighted by molar-refractivity contribution is -0.247. The van der Waals surface area contributed by atoms with Gasteiger partial charge in [0.25, 0.3) is 5.91 Å². The maximum Gasteiger partial charge on any atom is 0.493 e. The van der Waals surface area contributed by atoms with E-state index in [4.69, 9.17) is 4.74 Å². The van der Waals surface area contributed by atoms with E-state index in [-0.39, 0.29) is 11.3 Å². The van der Waals surface area contributed by atoms with Crippen molar-refractivity contribution in [3.63, 3.8) is 0 Å². The molecule has 200 valence electrons. The number of ether oxygens (including phenoxy) is 1. The summed E-state index contributed by atoms with van der Waals surface area (Å²) in [4.78, 5) is 38.0. The van der Waals surface area contributed by atoms with Crippen molar-refractivity contribution < 1.29 is 41.1 Å². The van der Waals surface area contributed by atoms with Gasteiger partial charge in [-0.1, -0.05) is 12.1 Å². The number of benzene rings is 2. The highest BCUT2D eigenvalue weighted by atomic mass is 79.9. The van der Waals surface area contributed by atoms with E-state index in [1.165, 1.54) is 13.1 Å². The lowest BCUT2D eigenvalue weighted by Gasteiger charge is -2.41. The summed E-state index contributed by atoms with van der Waals surface area (Å²) < 4.78 is 71.8. The van der Waals surface area contributed by atoms with Crippen molar-refractivity contribution in [2.75, 3.05) is 4.90 Å². The molecular weight excluding hydrogens is 583 g/mol. The molecule has 1 aliphatic rings. The minimum Gasteiger partial charge on any atom is -0.471 e. The largest absolute Gasteiger partial charge is 0.493 e. The fourth-order valence-corrected chi connectivity index (χ4v) is 4.14. The minimum absolute atomic E-state index is 0.161. The number of carbonyl (C=O) groups excluding carboxylic acids is 2.